The number of hydrogen-bond acceptors (Lipinski definition) is 2. The molecule has 1 atom stereocenters. The fraction of sp³-hybridized carbons (Fsp3) is 0.562. The van der Waals surface area contributed by atoms with Gasteiger partial charge in [-0.05, 0) is 49.4 Å². The molecule has 1 aliphatic heterocycles. The van der Waals surface area contributed by atoms with Crippen LogP contribution in [0.2, 0.25) is 0 Å². The van der Waals surface area contributed by atoms with E-state index < -0.39 is 0 Å². The standard InChI is InChI=1S/C16H24N2O/c1-4-16(9-6-10-17-16)15(19)18-14-8-5-7-13(11-14)12(2)3/h5,7-8,11-12,17H,4,6,9-10H2,1-3H3,(H,18,19). The monoisotopic (exact) mass is 260 g/mol. The van der Waals surface area contributed by atoms with Gasteiger partial charge in [0.2, 0.25) is 5.91 Å². The minimum Gasteiger partial charge on any atom is -0.324 e. The van der Waals surface area contributed by atoms with Gasteiger partial charge in [0.15, 0.2) is 0 Å². The van der Waals surface area contributed by atoms with Crippen LogP contribution in [0.3, 0.4) is 0 Å². The third kappa shape index (κ3) is 2.98. The average molecular weight is 260 g/mol. The quantitative estimate of drug-likeness (QED) is 0.872. The van der Waals surface area contributed by atoms with Crippen molar-refractivity contribution >= 4 is 11.6 Å². The van der Waals surface area contributed by atoms with Crippen LogP contribution in [-0.2, 0) is 4.79 Å². The van der Waals surface area contributed by atoms with Crippen molar-refractivity contribution in [1.82, 2.24) is 5.32 Å². The molecule has 2 N–H and O–H groups in total. The van der Waals surface area contributed by atoms with Crippen LogP contribution in [0.1, 0.15) is 51.5 Å². The highest BCUT2D eigenvalue weighted by Gasteiger charge is 2.38. The Morgan fingerprint density at radius 1 is 1.47 bits per heavy atom. The molecular weight excluding hydrogens is 236 g/mol. The summed E-state index contributed by atoms with van der Waals surface area (Å²) in [7, 11) is 0. The molecule has 2 rings (SSSR count). The number of amides is 1. The lowest BCUT2D eigenvalue weighted by atomic mass is 9.93. The topological polar surface area (TPSA) is 41.1 Å². The van der Waals surface area contributed by atoms with Gasteiger partial charge in [-0.3, -0.25) is 4.79 Å². The van der Waals surface area contributed by atoms with Gasteiger partial charge in [0.1, 0.15) is 0 Å². The molecule has 1 amide bonds. The Balaban J connectivity index is 2.12. The van der Waals surface area contributed by atoms with E-state index in [2.05, 4.69) is 43.5 Å². The van der Waals surface area contributed by atoms with E-state index in [9.17, 15) is 4.79 Å². The van der Waals surface area contributed by atoms with Gasteiger partial charge in [0, 0.05) is 5.69 Å². The Bertz CT molecular complexity index is 448. The van der Waals surface area contributed by atoms with E-state index in [0.29, 0.717) is 5.92 Å². The summed E-state index contributed by atoms with van der Waals surface area (Å²) in [6.45, 7) is 7.33. The van der Waals surface area contributed by atoms with E-state index in [1.807, 2.05) is 12.1 Å². The van der Waals surface area contributed by atoms with E-state index in [4.69, 9.17) is 0 Å². The Morgan fingerprint density at radius 3 is 2.84 bits per heavy atom. The highest BCUT2D eigenvalue weighted by atomic mass is 16.2. The predicted octanol–water partition coefficient (Wildman–Crippen LogP) is 3.28. The van der Waals surface area contributed by atoms with Gasteiger partial charge in [-0.2, -0.15) is 0 Å². The molecule has 0 aliphatic carbocycles. The first-order valence-electron chi connectivity index (χ1n) is 7.24. The Hall–Kier alpha value is -1.35. The van der Waals surface area contributed by atoms with Crippen molar-refractivity contribution in [3.05, 3.63) is 29.8 Å². The van der Waals surface area contributed by atoms with Crippen molar-refractivity contribution in [2.75, 3.05) is 11.9 Å². The van der Waals surface area contributed by atoms with Gasteiger partial charge in [-0.1, -0.05) is 32.9 Å². The second kappa shape index (κ2) is 5.74. The third-order valence-corrected chi connectivity index (χ3v) is 4.09. The second-order valence-electron chi connectivity index (χ2n) is 5.70. The molecule has 0 aromatic heterocycles. The lowest BCUT2D eigenvalue weighted by Crippen LogP contribution is -2.50. The van der Waals surface area contributed by atoms with Crippen molar-refractivity contribution < 1.29 is 4.79 Å². The molecular formula is C16H24N2O. The summed E-state index contributed by atoms with van der Waals surface area (Å²) in [5.74, 6) is 0.579. The molecule has 0 saturated carbocycles. The predicted molar refractivity (Wildman–Crippen MR) is 79.4 cm³/mol. The van der Waals surface area contributed by atoms with Crippen molar-refractivity contribution in [2.24, 2.45) is 0 Å². The summed E-state index contributed by atoms with van der Waals surface area (Å²) >= 11 is 0. The van der Waals surface area contributed by atoms with Crippen LogP contribution in [0.15, 0.2) is 24.3 Å². The summed E-state index contributed by atoms with van der Waals surface area (Å²) in [4.78, 5) is 12.5. The molecule has 1 unspecified atom stereocenters. The Kier molecular flexibility index (Phi) is 4.25. The van der Waals surface area contributed by atoms with Crippen LogP contribution in [0.5, 0.6) is 0 Å². The average Bonchev–Trinajstić information content (AvgIpc) is 2.89. The van der Waals surface area contributed by atoms with Crippen molar-refractivity contribution in [3.63, 3.8) is 0 Å². The van der Waals surface area contributed by atoms with Crippen LogP contribution in [-0.4, -0.2) is 18.0 Å². The van der Waals surface area contributed by atoms with Crippen LogP contribution in [0.25, 0.3) is 0 Å². The number of nitrogens with one attached hydrogen (secondary N) is 2. The van der Waals surface area contributed by atoms with E-state index in [1.54, 1.807) is 0 Å². The molecule has 3 nitrogen and oxygen atoms in total. The summed E-state index contributed by atoms with van der Waals surface area (Å²) in [5, 5.41) is 6.43. The van der Waals surface area contributed by atoms with Gasteiger partial charge < -0.3 is 10.6 Å². The van der Waals surface area contributed by atoms with Gasteiger partial charge >= 0.3 is 0 Å². The van der Waals surface area contributed by atoms with Crippen molar-refractivity contribution in [1.29, 1.82) is 0 Å². The number of rotatable bonds is 4. The maximum Gasteiger partial charge on any atom is 0.244 e. The molecule has 1 fully saturated rings. The highest BCUT2D eigenvalue weighted by molar-refractivity contribution is 5.98. The first-order chi connectivity index (χ1) is 9.07. The molecule has 0 radical (unpaired) electrons. The summed E-state index contributed by atoms with van der Waals surface area (Å²) in [6, 6.07) is 8.14. The number of carbonyl (C=O) groups is 1. The molecule has 3 heteroatoms. The third-order valence-electron chi connectivity index (χ3n) is 4.09. The van der Waals surface area contributed by atoms with E-state index in [1.165, 1.54) is 5.56 Å². The second-order valence-corrected chi connectivity index (χ2v) is 5.70. The van der Waals surface area contributed by atoms with Crippen LogP contribution < -0.4 is 10.6 Å². The molecule has 1 heterocycles. The highest BCUT2D eigenvalue weighted by Crippen LogP contribution is 2.25. The van der Waals surface area contributed by atoms with Gasteiger partial charge in [0.05, 0.1) is 5.54 Å². The minimum absolute atomic E-state index is 0.105. The molecule has 1 aliphatic rings. The molecule has 104 valence electrons. The van der Waals surface area contributed by atoms with E-state index >= 15 is 0 Å². The summed E-state index contributed by atoms with van der Waals surface area (Å²) in [5.41, 5.74) is 1.79. The van der Waals surface area contributed by atoms with Crippen LogP contribution in [0, 0.1) is 0 Å². The molecule has 1 aromatic rings. The molecule has 1 saturated heterocycles. The van der Waals surface area contributed by atoms with Crippen molar-refractivity contribution in [3.8, 4) is 0 Å². The Morgan fingerprint density at radius 2 is 2.26 bits per heavy atom. The fourth-order valence-corrected chi connectivity index (χ4v) is 2.69. The summed E-state index contributed by atoms with van der Waals surface area (Å²) < 4.78 is 0. The lowest BCUT2D eigenvalue weighted by molar-refractivity contribution is -0.122. The lowest BCUT2D eigenvalue weighted by Gasteiger charge is -2.26. The van der Waals surface area contributed by atoms with Gasteiger partial charge in [0.25, 0.3) is 0 Å². The maximum absolute atomic E-state index is 12.5. The number of hydrogen-bond donors (Lipinski definition) is 2. The molecule has 1 aromatic carbocycles. The number of carbonyl (C=O) groups excluding carboxylic acids is 1. The number of anilines is 1. The maximum atomic E-state index is 12.5. The first-order valence-corrected chi connectivity index (χ1v) is 7.24. The van der Waals surface area contributed by atoms with E-state index in [-0.39, 0.29) is 11.4 Å². The van der Waals surface area contributed by atoms with Gasteiger partial charge in [-0.25, -0.2) is 0 Å². The first kappa shape index (κ1) is 14.1. The molecule has 0 bridgehead atoms. The largest absolute Gasteiger partial charge is 0.324 e. The molecule has 19 heavy (non-hydrogen) atoms. The zero-order chi connectivity index (χ0) is 13.9. The fourth-order valence-electron chi connectivity index (χ4n) is 2.69. The summed E-state index contributed by atoms with van der Waals surface area (Å²) in [6.07, 6.45) is 2.84. The van der Waals surface area contributed by atoms with Gasteiger partial charge in [-0.15, -0.1) is 0 Å². The Labute approximate surface area is 115 Å². The zero-order valence-corrected chi connectivity index (χ0v) is 12.1. The van der Waals surface area contributed by atoms with Crippen LogP contribution >= 0.6 is 0 Å². The SMILES string of the molecule is CCC1(C(=O)Nc2cccc(C(C)C)c2)CCCN1. The van der Waals surface area contributed by atoms with E-state index in [0.717, 1.165) is 31.5 Å². The van der Waals surface area contributed by atoms with Crippen LogP contribution in [0.4, 0.5) is 5.69 Å². The molecule has 0 spiro atoms. The smallest absolute Gasteiger partial charge is 0.244 e. The normalized spacial score (nSPS) is 22.7. The van der Waals surface area contributed by atoms with Crippen molar-refractivity contribution in [2.45, 2.75) is 51.5 Å². The zero-order valence-electron chi connectivity index (χ0n) is 12.1. The number of benzene rings is 1. The minimum atomic E-state index is -0.367.